The SMILES string of the molecule is O=C(O)c1cc(C=Cc2cnc(-c3ccccc3)nc2)nc2ccccc12. The van der Waals surface area contributed by atoms with E-state index in [1.807, 2.05) is 42.5 Å². The first kappa shape index (κ1) is 16.6. The van der Waals surface area contributed by atoms with Gasteiger partial charge in [-0.2, -0.15) is 0 Å². The van der Waals surface area contributed by atoms with Crippen LogP contribution < -0.4 is 0 Å². The van der Waals surface area contributed by atoms with E-state index in [9.17, 15) is 9.90 Å². The number of carboxylic acid groups (broad SMARTS) is 1. The van der Waals surface area contributed by atoms with E-state index in [1.54, 1.807) is 42.7 Å². The lowest BCUT2D eigenvalue weighted by Crippen LogP contribution is -2.00. The van der Waals surface area contributed by atoms with Crippen molar-refractivity contribution < 1.29 is 9.90 Å². The number of fused-ring (bicyclic) bond motifs is 1. The molecule has 5 nitrogen and oxygen atoms in total. The summed E-state index contributed by atoms with van der Waals surface area (Å²) >= 11 is 0. The van der Waals surface area contributed by atoms with Gasteiger partial charge in [0.05, 0.1) is 16.8 Å². The van der Waals surface area contributed by atoms with Gasteiger partial charge >= 0.3 is 5.97 Å². The number of para-hydroxylation sites is 1. The Morgan fingerprint density at radius 3 is 2.33 bits per heavy atom. The lowest BCUT2D eigenvalue weighted by atomic mass is 10.1. The molecule has 0 radical (unpaired) electrons. The van der Waals surface area contributed by atoms with Crippen LogP contribution in [-0.2, 0) is 0 Å². The van der Waals surface area contributed by atoms with Crippen LogP contribution in [0.5, 0.6) is 0 Å². The highest BCUT2D eigenvalue weighted by molar-refractivity contribution is 6.03. The van der Waals surface area contributed by atoms with E-state index >= 15 is 0 Å². The number of carboxylic acids is 1. The fraction of sp³-hybridized carbons (Fsp3) is 0. The number of aromatic nitrogens is 3. The predicted octanol–water partition coefficient (Wildman–Crippen LogP) is 4.56. The van der Waals surface area contributed by atoms with E-state index in [2.05, 4.69) is 15.0 Å². The van der Waals surface area contributed by atoms with Gasteiger partial charge in [0, 0.05) is 28.9 Å². The molecule has 4 aromatic rings. The third kappa shape index (κ3) is 3.57. The maximum Gasteiger partial charge on any atom is 0.336 e. The molecule has 2 heterocycles. The Morgan fingerprint density at radius 1 is 0.889 bits per heavy atom. The summed E-state index contributed by atoms with van der Waals surface area (Å²) in [6.45, 7) is 0. The maximum atomic E-state index is 11.5. The van der Waals surface area contributed by atoms with E-state index in [0.29, 0.717) is 22.4 Å². The molecular weight excluding hydrogens is 338 g/mol. The van der Waals surface area contributed by atoms with Crippen LogP contribution in [0.1, 0.15) is 21.6 Å². The zero-order valence-corrected chi connectivity index (χ0v) is 14.3. The summed E-state index contributed by atoms with van der Waals surface area (Å²) in [5, 5.41) is 10.1. The highest BCUT2D eigenvalue weighted by Crippen LogP contribution is 2.20. The van der Waals surface area contributed by atoms with Crippen LogP contribution in [0.4, 0.5) is 0 Å². The molecule has 0 spiro atoms. The molecule has 0 bridgehead atoms. The van der Waals surface area contributed by atoms with Crippen molar-refractivity contribution in [1.29, 1.82) is 0 Å². The summed E-state index contributed by atoms with van der Waals surface area (Å²) in [4.78, 5) is 24.8. The molecular formula is C22H15N3O2. The second kappa shape index (κ2) is 7.17. The van der Waals surface area contributed by atoms with Crippen LogP contribution in [0.3, 0.4) is 0 Å². The van der Waals surface area contributed by atoms with Crippen LogP contribution in [0.25, 0.3) is 34.4 Å². The minimum atomic E-state index is -0.973. The van der Waals surface area contributed by atoms with Crippen molar-refractivity contribution in [3.8, 4) is 11.4 Å². The Bertz CT molecular complexity index is 1140. The van der Waals surface area contributed by atoms with Crippen molar-refractivity contribution in [3.63, 3.8) is 0 Å². The van der Waals surface area contributed by atoms with E-state index in [1.165, 1.54) is 0 Å². The molecule has 0 amide bonds. The first-order valence-electron chi connectivity index (χ1n) is 8.39. The molecule has 0 saturated carbocycles. The maximum absolute atomic E-state index is 11.5. The molecule has 0 aliphatic rings. The molecule has 0 atom stereocenters. The van der Waals surface area contributed by atoms with Crippen molar-refractivity contribution in [2.75, 3.05) is 0 Å². The van der Waals surface area contributed by atoms with Crippen molar-refractivity contribution >= 4 is 29.0 Å². The zero-order chi connectivity index (χ0) is 18.6. The second-order valence-electron chi connectivity index (χ2n) is 5.96. The third-order valence-corrected chi connectivity index (χ3v) is 4.12. The summed E-state index contributed by atoms with van der Waals surface area (Å²) in [5.74, 6) is -0.316. The van der Waals surface area contributed by atoms with Gasteiger partial charge in [-0.1, -0.05) is 48.5 Å². The summed E-state index contributed by atoms with van der Waals surface area (Å²) in [5.41, 5.74) is 3.21. The smallest absolute Gasteiger partial charge is 0.336 e. The highest BCUT2D eigenvalue weighted by atomic mass is 16.4. The molecule has 0 aliphatic heterocycles. The van der Waals surface area contributed by atoms with Gasteiger partial charge in [0.15, 0.2) is 5.82 Å². The molecule has 130 valence electrons. The number of rotatable bonds is 4. The number of nitrogens with zero attached hydrogens (tertiary/aromatic N) is 3. The summed E-state index contributed by atoms with van der Waals surface area (Å²) in [6, 6.07) is 18.5. The number of aromatic carboxylic acids is 1. The lowest BCUT2D eigenvalue weighted by Gasteiger charge is -2.04. The van der Waals surface area contributed by atoms with Crippen LogP contribution in [0.15, 0.2) is 73.1 Å². The van der Waals surface area contributed by atoms with Crippen LogP contribution in [0, 0.1) is 0 Å². The van der Waals surface area contributed by atoms with Crippen LogP contribution in [-0.4, -0.2) is 26.0 Å². The van der Waals surface area contributed by atoms with Gasteiger partial charge in [0.25, 0.3) is 0 Å². The molecule has 0 fully saturated rings. The summed E-state index contributed by atoms with van der Waals surface area (Å²) < 4.78 is 0. The lowest BCUT2D eigenvalue weighted by molar-refractivity contribution is 0.0699. The average Bonchev–Trinajstić information content (AvgIpc) is 2.72. The van der Waals surface area contributed by atoms with Gasteiger partial charge in [-0.3, -0.25) is 0 Å². The van der Waals surface area contributed by atoms with Crippen molar-refractivity contribution in [2.45, 2.75) is 0 Å². The fourth-order valence-electron chi connectivity index (χ4n) is 2.80. The van der Waals surface area contributed by atoms with Gasteiger partial charge in [-0.05, 0) is 24.3 Å². The van der Waals surface area contributed by atoms with E-state index in [-0.39, 0.29) is 5.56 Å². The molecule has 0 unspecified atom stereocenters. The minimum absolute atomic E-state index is 0.232. The number of carbonyl (C=O) groups is 1. The van der Waals surface area contributed by atoms with Crippen molar-refractivity contribution in [3.05, 3.63) is 89.9 Å². The summed E-state index contributed by atoms with van der Waals surface area (Å²) in [6.07, 6.45) is 7.03. The first-order valence-corrected chi connectivity index (χ1v) is 8.39. The first-order chi connectivity index (χ1) is 13.2. The topological polar surface area (TPSA) is 76.0 Å². The number of benzene rings is 2. The standard InChI is InChI=1S/C22H15N3O2/c26-22(27)19-12-17(25-20-9-5-4-8-18(19)20)11-10-15-13-23-21(24-14-15)16-6-2-1-3-7-16/h1-14H,(H,26,27). The fourth-order valence-corrected chi connectivity index (χ4v) is 2.80. The summed E-state index contributed by atoms with van der Waals surface area (Å²) in [7, 11) is 0. The predicted molar refractivity (Wildman–Crippen MR) is 105 cm³/mol. The molecule has 0 saturated heterocycles. The molecule has 5 heteroatoms. The van der Waals surface area contributed by atoms with Gasteiger partial charge in [-0.15, -0.1) is 0 Å². The quantitative estimate of drug-likeness (QED) is 0.582. The Labute approximate surface area is 155 Å². The molecule has 27 heavy (non-hydrogen) atoms. The van der Waals surface area contributed by atoms with E-state index < -0.39 is 5.97 Å². The Kier molecular flexibility index (Phi) is 4.41. The normalized spacial score (nSPS) is 11.1. The molecule has 4 rings (SSSR count). The van der Waals surface area contributed by atoms with Gasteiger partial charge in [0.1, 0.15) is 0 Å². The minimum Gasteiger partial charge on any atom is -0.478 e. The Balaban J connectivity index is 1.64. The molecule has 2 aromatic carbocycles. The van der Waals surface area contributed by atoms with Crippen molar-refractivity contribution in [1.82, 2.24) is 15.0 Å². The number of pyridine rings is 1. The van der Waals surface area contributed by atoms with Crippen LogP contribution >= 0.6 is 0 Å². The van der Waals surface area contributed by atoms with Crippen LogP contribution in [0.2, 0.25) is 0 Å². The molecule has 1 N–H and O–H groups in total. The van der Waals surface area contributed by atoms with Gasteiger partial charge < -0.3 is 5.11 Å². The second-order valence-corrected chi connectivity index (χ2v) is 5.96. The zero-order valence-electron chi connectivity index (χ0n) is 14.3. The molecule has 0 aliphatic carbocycles. The van der Waals surface area contributed by atoms with Crippen molar-refractivity contribution in [2.24, 2.45) is 0 Å². The Morgan fingerprint density at radius 2 is 1.59 bits per heavy atom. The van der Waals surface area contributed by atoms with E-state index in [0.717, 1.165) is 11.1 Å². The number of hydrogen-bond acceptors (Lipinski definition) is 4. The largest absolute Gasteiger partial charge is 0.478 e. The Hall–Kier alpha value is -3.86. The van der Waals surface area contributed by atoms with E-state index in [4.69, 9.17) is 0 Å². The number of hydrogen-bond donors (Lipinski definition) is 1. The monoisotopic (exact) mass is 353 g/mol. The van der Waals surface area contributed by atoms with Gasteiger partial charge in [-0.25, -0.2) is 19.7 Å². The van der Waals surface area contributed by atoms with Gasteiger partial charge in [0.2, 0.25) is 0 Å². The molecule has 2 aromatic heterocycles. The third-order valence-electron chi connectivity index (χ3n) is 4.12. The average molecular weight is 353 g/mol. The highest BCUT2D eigenvalue weighted by Gasteiger charge is 2.10.